The molecule has 0 aromatic heterocycles. The van der Waals surface area contributed by atoms with Gasteiger partial charge in [-0.25, -0.2) is 5.48 Å². The molecule has 3 atom stereocenters. The number of carbonyl (C=O) groups is 2. The maximum atomic E-state index is 13.2. The lowest BCUT2D eigenvalue weighted by molar-refractivity contribution is -0.145. The molecule has 0 radical (unpaired) electrons. The van der Waals surface area contributed by atoms with Crippen LogP contribution in [-0.4, -0.2) is 47.6 Å². The standard InChI is InChI=1S/C21H29N3O3/c25-19(23-27)17-12-21(8-9-21)14-22-18(17)20(26)24-10-4-7-16(13-24)11-15-5-2-1-3-6-15/h1-3,5-6,16-18,22,27H,4,7-14H2,(H,23,25)/t16?,17-,18-/m0/s1. The zero-order valence-corrected chi connectivity index (χ0v) is 15.7. The molecule has 2 aliphatic heterocycles. The summed E-state index contributed by atoms with van der Waals surface area (Å²) < 4.78 is 0. The van der Waals surface area contributed by atoms with E-state index in [9.17, 15) is 9.59 Å². The second-order valence-electron chi connectivity index (χ2n) is 8.63. The summed E-state index contributed by atoms with van der Waals surface area (Å²) in [5, 5.41) is 12.5. The second kappa shape index (κ2) is 7.60. The van der Waals surface area contributed by atoms with E-state index in [-0.39, 0.29) is 11.3 Å². The number of amides is 2. The molecule has 6 heteroatoms. The highest BCUT2D eigenvalue weighted by molar-refractivity contribution is 5.90. The average Bonchev–Trinajstić information content (AvgIpc) is 3.46. The van der Waals surface area contributed by atoms with Crippen molar-refractivity contribution in [3.8, 4) is 0 Å². The molecule has 0 bridgehead atoms. The number of hydroxylamine groups is 1. The summed E-state index contributed by atoms with van der Waals surface area (Å²) in [5.74, 6) is -0.469. The maximum absolute atomic E-state index is 13.2. The van der Waals surface area contributed by atoms with Gasteiger partial charge in [0, 0.05) is 19.6 Å². The molecule has 2 amide bonds. The van der Waals surface area contributed by atoms with Crippen LogP contribution in [0.5, 0.6) is 0 Å². The fourth-order valence-electron chi connectivity index (χ4n) is 4.85. The van der Waals surface area contributed by atoms with Gasteiger partial charge in [0.2, 0.25) is 11.8 Å². The molecule has 4 rings (SSSR count). The molecule has 1 aromatic rings. The van der Waals surface area contributed by atoms with Gasteiger partial charge in [0.1, 0.15) is 0 Å². The summed E-state index contributed by atoms with van der Waals surface area (Å²) in [5.41, 5.74) is 3.24. The molecule has 2 saturated heterocycles. The van der Waals surface area contributed by atoms with Crippen LogP contribution in [0.2, 0.25) is 0 Å². The summed E-state index contributed by atoms with van der Waals surface area (Å²) in [6, 6.07) is 9.88. The van der Waals surface area contributed by atoms with E-state index in [4.69, 9.17) is 5.21 Å². The van der Waals surface area contributed by atoms with Crippen LogP contribution < -0.4 is 10.8 Å². The van der Waals surface area contributed by atoms with Crippen LogP contribution in [0.3, 0.4) is 0 Å². The van der Waals surface area contributed by atoms with E-state index in [0.29, 0.717) is 12.3 Å². The average molecular weight is 371 g/mol. The van der Waals surface area contributed by atoms with E-state index >= 15 is 0 Å². The number of carbonyl (C=O) groups excluding carboxylic acids is 2. The fourth-order valence-corrected chi connectivity index (χ4v) is 4.85. The molecular weight excluding hydrogens is 342 g/mol. The van der Waals surface area contributed by atoms with Gasteiger partial charge in [-0.2, -0.15) is 0 Å². The van der Waals surface area contributed by atoms with Crippen LogP contribution in [0.15, 0.2) is 30.3 Å². The third-order valence-electron chi connectivity index (χ3n) is 6.62. The summed E-state index contributed by atoms with van der Waals surface area (Å²) in [6.07, 6.45) is 5.98. The first kappa shape index (κ1) is 18.4. The molecule has 1 saturated carbocycles. The third kappa shape index (κ3) is 4.01. The lowest BCUT2D eigenvalue weighted by Crippen LogP contribution is -2.59. The Bertz CT molecular complexity index is 689. The molecule has 3 N–H and O–H groups in total. The van der Waals surface area contributed by atoms with Crippen molar-refractivity contribution in [2.75, 3.05) is 19.6 Å². The highest BCUT2D eigenvalue weighted by Crippen LogP contribution is 2.52. The second-order valence-corrected chi connectivity index (χ2v) is 8.63. The van der Waals surface area contributed by atoms with Gasteiger partial charge < -0.3 is 10.2 Å². The van der Waals surface area contributed by atoms with Crippen molar-refractivity contribution in [2.24, 2.45) is 17.3 Å². The Morgan fingerprint density at radius 3 is 2.74 bits per heavy atom. The molecule has 6 nitrogen and oxygen atoms in total. The normalized spacial score (nSPS) is 29.4. The lowest BCUT2D eigenvalue weighted by Gasteiger charge is -2.40. The molecule has 27 heavy (non-hydrogen) atoms. The van der Waals surface area contributed by atoms with Gasteiger partial charge in [0.05, 0.1) is 12.0 Å². The van der Waals surface area contributed by atoms with Gasteiger partial charge >= 0.3 is 0 Å². The maximum Gasteiger partial charge on any atom is 0.248 e. The first-order valence-corrected chi connectivity index (χ1v) is 10.1. The number of rotatable bonds is 4. The highest BCUT2D eigenvalue weighted by atomic mass is 16.5. The zero-order chi connectivity index (χ0) is 18.9. The molecule has 146 valence electrons. The van der Waals surface area contributed by atoms with Crippen molar-refractivity contribution in [3.05, 3.63) is 35.9 Å². The van der Waals surface area contributed by atoms with E-state index in [1.807, 2.05) is 11.0 Å². The topological polar surface area (TPSA) is 81.7 Å². The van der Waals surface area contributed by atoms with Crippen molar-refractivity contribution < 1.29 is 14.8 Å². The lowest BCUT2D eigenvalue weighted by atomic mass is 9.81. The number of piperidine rings is 2. The Kier molecular flexibility index (Phi) is 5.19. The van der Waals surface area contributed by atoms with Crippen molar-refractivity contribution in [3.63, 3.8) is 0 Å². The van der Waals surface area contributed by atoms with Gasteiger partial charge in [0.15, 0.2) is 0 Å². The van der Waals surface area contributed by atoms with Gasteiger partial charge in [-0.15, -0.1) is 0 Å². The number of hydrogen-bond acceptors (Lipinski definition) is 4. The largest absolute Gasteiger partial charge is 0.341 e. The zero-order valence-electron chi connectivity index (χ0n) is 15.7. The minimum atomic E-state index is -0.529. The predicted octanol–water partition coefficient (Wildman–Crippen LogP) is 1.73. The molecular formula is C21H29N3O3. The van der Waals surface area contributed by atoms with E-state index in [1.54, 1.807) is 5.48 Å². The van der Waals surface area contributed by atoms with Gasteiger partial charge in [-0.1, -0.05) is 30.3 Å². The van der Waals surface area contributed by atoms with Gasteiger partial charge in [-0.3, -0.25) is 14.8 Å². The van der Waals surface area contributed by atoms with Crippen LogP contribution in [0.25, 0.3) is 0 Å². The van der Waals surface area contributed by atoms with Crippen molar-refractivity contribution >= 4 is 11.8 Å². The minimum absolute atomic E-state index is 0.0110. The molecule has 3 fully saturated rings. The molecule has 1 aromatic carbocycles. The molecule has 1 unspecified atom stereocenters. The summed E-state index contributed by atoms with van der Waals surface area (Å²) in [7, 11) is 0. The van der Waals surface area contributed by atoms with Crippen LogP contribution in [0.4, 0.5) is 0 Å². The SMILES string of the molecule is O=C(NO)[C@H]1CC2(CC2)CN[C@@H]1C(=O)N1CCCC(Cc2ccccc2)C1. The molecule has 1 spiro atoms. The minimum Gasteiger partial charge on any atom is -0.341 e. The van der Waals surface area contributed by atoms with E-state index in [2.05, 4.69) is 29.6 Å². The third-order valence-corrected chi connectivity index (χ3v) is 6.62. The van der Waals surface area contributed by atoms with Crippen LogP contribution in [0, 0.1) is 17.3 Å². The molecule has 1 aliphatic carbocycles. The Balaban J connectivity index is 1.42. The Morgan fingerprint density at radius 1 is 1.26 bits per heavy atom. The van der Waals surface area contributed by atoms with Crippen molar-refractivity contribution in [1.82, 2.24) is 15.7 Å². The molecule has 3 aliphatic rings. The first-order valence-electron chi connectivity index (χ1n) is 10.1. The van der Waals surface area contributed by atoms with Gasteiger partial charge in [0.25, 0.3) is 0 Å². The monoisotopic (exact) mass is 371 g/mol. The Hall–Kier alpha value is -1.92. The number of benzene rings is 1. The Morgan fingerprint density at radius 2 is 2.04 bits per heavy atom. The fraction of sp³-hybridized carbons (Fsp3) is 0.619. The van der Waals surface area contributed by atoms with E-state index in [0.717, 1.165) is 51.7 Å². The smallest absolute Gasteiger partial charge is 0.248 e. The van der Waals surface area contributed by atoms with Crippen LogP contribution in [0.1, 0.15) is 37.7 Å². The predicted molar refractivity (Wildman–Crippen MR) is 101 cm³/mol. The van der Waals surface area contributed by atoms with E-state index < -0.39 is 17.9 Å². The Labute approximate surface area is 160 Å². The first-order chi connectivity index (χ1) is 13.1. The summed E-state index contributed by atoms with van der Waals surface area (Å²) in [6.45, 7) is 2.28. The quantitative estimate of drug-likeness (QED) is 0.556. The number of nitrogens with zero attached hydrogens (tertiary/aromatic N) is 1. The van der Waals surface area contributed by atoms with Crippen molar-refractivity contribution in [1.29, 1.82) is 0 Å². The van der Waals surface area contributed by atoms with Gasteiger partial charge in [-0.05, 0) is 55.4 Å². The van der Waals surface area contributed by atoms with Crippen molar-refractivity contribution in [2.45, 2.75) is 44.6 Å². The van der Waals surface area contributed by atoms with Crippen LogP contribution >= 0.6 is 0 Å². The highest BCUT2D eigenvalue weighted by Gasteiger charge is 2.52. The number of hydrogen-bond donors (Lipinski definition) is 3. The number of likely N-dealkylation sites (tertiary alicyclic amines) is 1. The molecule has 2 heterocycles. The van der Waals surface area contributed by atoms with E-state index in [1.165, 1.54) is 5.56 Å². The number of nitrogens with one attached hydrogen (secondary N) is 2. The van der Waals surface area contributed by atoms with Crippen LogP contribution in [-0.2, 0) is 16.0 Å². The summed E-state index contributed by atoms with van der Waals surface area (Å²) in [4.78, 5) is 27.4. The summed E-state index contributed by atoms with van der Waals surface area (Å²) >= 11 is 0.